The second kappa shape index (κ2) is 19.2. The Morgan fingerprint density at radius 1 is 0.830 bits per heavy atom. The molecule has 47 heavy (non-hydrogen) atoms. The number of rotatable bonds is 20. The fraction of sp³-hybridized carbons (Fsp3) is 0.382. The molecule has 0 amide bonds. The number of thiophene rings is 1. The second-order valence-electron chi connectivity index (χ2n) is 10.3. The number of aromatic nitrogens is 1. The molecule has 2 aromatic carbocycles. The predicted octanol–water partition coefficient (Wildman–Crippen LogP) is 10.0. The minimum Gasteiger partial charge on any atom is -0.494 e. The van der Waals surface area contributed by atoms with Crippen molar-refractivity contribution in [1.29, 1.82) is 0 Å². The third kappa shape index (κ3) is 12.0. The molecule has 0 saturated heterocycles. The Balaban J connectivity index is 1.18. The van der Waals surface area contributed by atoms with Crippen LogP contribution in [0.2, 0.25) is 0 Å². The zero-order chi connectivity index (χ0) is 33.3. The van der Waals surface area contributed by atoms with Gasteiger partial charge in [0, 0.05) is 24.7 Å². The van der Waals surface area contributed by atoms with E-state index >= 15 is 0 Å². The van der Waals surface area contributed by atoms with Gasteiger partial charge in [-0.3, -0.25) is 4.79 Å². The smallest absolute Gasteiger partial charge is 0.330 e. The molecule has 13 heteroatoms. The van der Waals surface area contributed by atoms with Crippen molar-refractivity contribution in [2.45, 2.75) is 52.4 Å². The van der Waals surface area contributed by atoms with Gasteiger partial charge in [0.15, 0.2) is 0 Å². The summed E-state index contributed by atoms with van der Waals surface area (Å²) in [5.41, 5.74) is 2.46. The lowest BCUT2D eigenvalue weighted by atomic mass is 10.1. The summed E-state index contributed by atoms with van der Waals surface area (Å²) < 4.78 is 17.0. The summed E-state index contributed by atoms with van der Waals surface area (Å²) in [5.74, 6) is 0.252. The molecule has 248 valence electrons. The maximum absolute atomic E-state index is 11.3. The maximum atomic E-state index is 11.3. The number of esters is 2. The summed E-state index contributed by atoms with van der Waals surface area (Å²) in [6, 6.07) is 17.2. The third-order valence-corrected chi connectivity index (χ3v) is 8.82. The van der Waals surface area contributed by atoms with Crippen LogP contribution in [0, 0.1) is 0 Å². The van der Waals surface area contributed by atoms with E-state index in [1.807, 2.05) is 61.5 Å². The molecular weight excluding hydrogens is 637 g/mol. The molecule has 4 rings (SSSR count). The van der Waals surface area contributed by atoms with E-state index in [0.29, 0.717) is 37.0 Å². The van der Waals surface area contributed by atoms with Crippen LogP contribution in [0.15, 0.2) is 87.7 Å². The predicted molar refractivity (Wildman–Crippen MR) is 188 cm³/mol. The molecule has 0 spiro atoms. The van der Waals surface area contributed by atoms with Crippen LogP contribution in [0.1, 0.15) is 52.4 Å². The SMILES string of the molecule is C=CC(=O)OCCN(CC)c1ccc(N=Nc2nc3sc(N=Nc4ccc(OCCCCCCCOC(=O)CC)cc4)cc3s2)cc1. The van der Waals surface area contributed by atoms with Crippen molar-refractivity contribution in [3.05, 3.63) is 67.3 Å². The van der Waals surface area contributed by atoms with E-state index in [4.69, 9.17) is 14.2 Å². The van der Waals surface area contributed by atoms with Crippen molar-refractivity contribution in [2.75, 3.05) is 37.8 Å². The van der Waals surface area contributed by atoms with E-state index in [1.54, 1.807) is 6.92 Å². The van der Waals surface area contributed by atoms with Crippen molar-refractivity contribution in [2.24, 2.45) is 20.5 Å². The monoisotopic (exact) mass is 676 g/mol. The molecule has 0 saturated carbocycles. The number of azo groups is 2. The number of likely N-dealkylation sites (N-methyl/N-ethyl adjacent to an activating group) is 1. The Bertz CT molecular complexity index is 1600. The van der Waals surface area contributed by atoms with Crippen molar-refractivity contribution >= 4 is 71.3 Å². The first kappa shape index (κ1) is 35.4. The van der Waals surface area contributed by atoms with Crippen molar-refractivity contribution in [3.63, 3.8) is 0 Å². The van der Waals surface area contributed by atoms with Crippen LogP contribution >= 0.6 is 22.7 Å². The fourth-order valence-electron chi connectivity index (χ4n) is 4.35. The molecule has 0 unspecified atom stereocenters. The van der Waals surface area contributed by atoms with Crippen molar-refractivity contribution < 1.29 is 23.8 Å². The highest BCUT2D eigenvalue weighted by molar-refractivity contribution is 7.30. The summed E-state index contributed by atoms with van der Waals surface area (Å²) in [6.45, 7) is 10.1. The van der Waals surface area contributed by atoms with E-state index in [1.165, 1.54) is 22.7 Å². The highest BCUT2D eigenvalue weighted by Crippen LogP contribution is 2.39. The number of nitrogens with zero attached hydrogens (tertiary/aromatic N) is 6. The first-order valence-corrected chi connectivity index (χ1v) is 17.4. The first-order chi connectivity index (χ1) is 23.0. The van der Waals surface area contributed by atoms with Gasteiger partial charge in [-0.1, -0.05) is 55.4 Å². The summed E-state index contributed by atoms with van der Waals surface area (Å²) in [5, 5.41) is 18.7. The molecule has 2 heterocycles. The number of carbonyl (C=O) groups is 2. The Morgan fingerprint density at radius 3 is 2.19 bits per heavy atom. The van der Waals surface area contributed by atoms with Crippen LogP contribution in [0.25, 0.3) is 9.53 Å². The van der Waals surface area contributed by atoms with Gasteiger partial charge in [0.2, 0.25) is 5.13 Å². The standard InChI is InChI=1S/C34H40N6O5S2/c1-4-31(41)44-22-11-9-7-8-10-21-43-28-18-14-26(15-19-28)36-38-30-24-29-33(47-30)35-34(46-29)39-37-25-12-16-27(17-13-25)40(6-3)20-23-45-32(42)5-2/h5,12-19,24H,2,4,6-11,20-23H2,1,3H3. The molecule has 11 nitrogen and oxygen atoms in total. The number of thiazole rings is 1. The van der Waals surface area contributed by atoms with Gasteiger partial charge in [0.1, 0.15) is 22.2 Å². The van der Waals surface area contributed by atoms with Crippen LogP contribution in [-0.2, 0) is 19.1 Å². The average molecular weight is 677 g/mol. The van der Waals surface area contributed by atoms with Gasteiger partial charge in [-0.25, -0.2) is 9.78 Å². The normalized spacial score (nSPS) is 11.4. The van der Waals surface area contributed by atoms with Crippen molar-refractivity contribution in [1.82, 2.24) is 4.98 Å². The summed E-state index contributed by atoms with van der Waals surface area (Å²) in [6.07, 6.45) is 6.72. The van der Waals surface area contributed by atoms with E-state index in [2.05, 4.69) is 36.9 Å². The van der Waals surface area contributed by atoms with Gasteiger partial charge in [-0.2, -0.15) is 0 Å². The maximum Gasteiger partial charge on any atom is 0.330 e. The highest BCUT2D eigenvalue weighted by Gasteiger charge is 2.09. The van der Waals surface area contributed by atoms with Gasteiger partial charge >= 0.3 is 11.9 Å². The average Bonchev–Trinajstić information content (AvgIpc) is 3.67. The van der Waals surface area contributed by atoms with E-state index in [-0.39, 0.29) is 12.6 Å². The highest BCUT2D eigenvalue weighted by atomic mass is 32.1. The molecule has 0 aliphatic rings. The van der Waals surface area contributed by atoms with Crippen molar-refractivity contribution in [3.8, 4) is 5.75 Å². The number of fused-ring (bicyclic) bond motifs is 1. The molecule has 0 N–H and O–H groups in total. The number of ether oxygens (including phenoxy) is 3. The number of unbranched alkanes of at least 4 members (excludes halogenated alkanes) is 4. The quantitative estimate of drug-likeness (QED) is 0.0394. The Labute approximate surface area is 283 Å². The lowest BCUT2D eigenvalue weighted by Crippen LogP contribution is -2.27. The van der Waals surface area contributed by atoms with Gasteiger partial charge in [0.25, 0.3) is 0 Å². The number of hydrogen-bond acceptors (Lipinski definition) is 13. The molecular formula is C34H40N6O5S2. The molecule has 0 aliphatic carbocycles. The second-order valence-corrected chi connectivity index (χ2v) is 12.3. The molecule has 0 aliphatic heterocycles. The Hall–Kier alpha value is -4.49. The Kier molecular flexibility index (Phi) is 14.5. The zero-order valence-corrected chi connectivity index (χ0v) is 28.4. The molecule has 2 aromatic heterocycles. The molecule has 4 aromatic rings. The molecule has 0 bridgehead atoms. The van der Waals surface area contributed by atoms with E-state index in [0.717, 1.165) is 76.4 Å². The van der Waals surface area contributed by atoms with E-state index in [9.17, 15) is 9.59 Å². The van der Waals surface area contributed by atoms with Gasteiger partial charge in [0.05, 0.1) is 35.8 Å². The van der Waals surface area contributed by atoms with Crippen LogP contribution in [0.3, 0.4) is 0 Å². The van der Waals surface area contributed by atoms with Crippen LogP contribution in [-0.4, -0.2) is 49.8 Å². The topological polar surface area (TPSA) is 127 Å². The largest absolute Gasteiger partial charge is 0.494 e. The third-order valence-electron chi connectivity index (χ3n) is 6.89. The minimum atomic E-state index is -0.423. The lowest BCUT2D eigenvalue weighted by Gasteiger charge is -2.22. The van der Waals surface area contributed by atoms with Crippen LogP contribution in [0.4, 0.5) is 27.2 Å². The first-order valence-electron chi connectivity index (χ1n) is 15.7. The van der Waals surface area contributed by atoms with Gasteiger partial charge in [-0.15, -0.1) is 20.5 Å². The summed E-state index contributed by atoms with van der Waals surface area (Å²) in [7, 11) is 0. The number of hydrogen-bond donors (Lipinski definition) is 0. The zero-order valence-electron chi connectivity index (χ0n) is 26.8. The number of anilines is 1. The van der Waals surface area contributed by atoms with Gasteiger partial charge in [-0.05, 0) is 74.4 Å². The van der Waals surface area contributed by atoms with Crippen LogP contribution < -0.4 is 9.64 Å². The number of carbonyl (C=O) groups excluding carboxylic acids is 2. The Morgan fingerprint density at radius 2 is 1.51 bits per heavy atom. The molecule has 0 atom stereocenters. The van der Waals surface area contributed by atoms with E-state index < -0.39 is 5.97 Å². The molecule has 0 radical (unpaired) electrons. The minimum absolute atomic E-state index is 0.131. The molecule has 0 fully saturated rings. The van der Waals surface area contributed by atoms with Crippen LogP contribution in [0.5, 0.6) is 5.75 Å². The summed E-state index contributed by atoms with van der Waals surface area (Å²) in [4.78, 5) is 29.9. The fourth-order valence-corrected chi connectivity index (χ4v) is 6.20. The number of benzene rings is 2. The van der Waals surface area contributed by atoms with Gasteiger partial charge < -0.3 is 19.1 Å². The summed E-state index contributed by atoms with van der Waals surface area (Å²) >= 11 is 2.90. The lowest BCUT2D eigenvalue weighted by molar-refractivity contribution is -0.143.